The van der Waals surface area contributed by atoms with E-state index < -0.39 is 17.5 Å². The molecule has 1 aliphatic rings. The summed E-state index contributed by atoms with van der Waals surface area (Å²) in [5.74, 6) is -1.30. The van der Waals surface area contributed by atoms with E-state index in [1.807, 2.05) is 0 Å². The molecule has 1 fully saturated rings. The van der Waals surface area contributed by atoms with Gasteiger partial charge in [0.05, 0.1) is 13.7 Å². The first kappa shape index (κ1) is 17.4. The molecule has 0 aliphatic carbocycles. The van der Waals surface area contributed by atoms with Crippen LogP contribution in [-0.2, 0) is 20.9 Å². The number of carbonyl (C=O) groups excluding carboxylic acids is 2. The van der Waals surface area contributed by atoms with E-state index >= 15 is 0 Å². The fourth-order valence-electron chi connectivity index (χ4n) is 2.66. The lowest BCUT2D eigenvalue weighted by atomic mass is 9.91. The zero-order valence-electron chi connectivity index (χ0n) is 13.0. The molecule has 1 heterocycles. The van der Waals surface area contributed by atoms with E-state index in [1.54, 1.807) is 18.2 Å². The lowest BCUT2D eigenvalue weighted by Crippen LogP contribution is -2.58. The van der Waals surface area contributed by atoms with Crippen molar-refractivity contribution in [2.75, 3.05) is 26.7 Å². The Balaban J connectivity index is 1.99. The van der Waals surface area contributed by atoms with Gasteiger partial charge in [0.15, 0.2) is 5.60 Å². The number of hydrogen-bond donors (Lipinski definition) is 2. The fourth-order valence-corrected chi connectivity index (χ4v) is 2.66. The van der Waals surface area contributed by atoms with E-state index in [0.717, 1.165) is 0 Å². The summed E-state index contributed by atoms with van der Waals surface area (Å²) < 4.78 is 18.2. The molecular weight excluding hydrogens is 303 g/mol. The minimum absolute atomic E-state index is 0.0469. The van der Waals surface area contributed by atoms with E-state index in [-0.39, 0.29) is 25.5 Å². The van der Waals surface area contributed by atoms with Crippen LogP contribution in [-0.4, -0.2) is 54.2 Å². The van der Waals surface area contributed by atoms with E-state index in [2.05, 4.69) is 10.1 Å². The van der Waals surface area contributed by atoms with Gasteiger partial charge in [-0.2, -0.15) is 0 Å². The Morgan fingerprint density at radius 3 is 2.91 bits per heavy atom. The van der Waals surface area contributed by atoms with Crippen LogP contribution in [0.1, 0.15) is 18.4 Å². The molecule has 1 aromatic carbocycles. The summed E-state index contributed by atoms with van der Waals surface area (Å²) in [4.78, 5) is 25.0. The first-order chi connectivity index (χ1) is 11.0. The number of esters is 1. The van der Waals surface area contributed by atoms with Crippen molar-refractivity contribution in [1.29, 1.82) is 0 Å². The number of benzene rings is 1. The third-order valence-corrected chi connectivity index (χ3v) is 3.94. The van der Waals surface area contributed by atoms with Crippen LogP contribution in [0.2, 0.25) is 0 Å². The maximum absolute atomic E-state index is 13.7. The van der Waals surface area contributed by atoms with Gasteiger partial charge in [0.1, 0.15) is 5.82 Å². The van der Waals surface area contributed by atoms with E-state index in [0.29, 0.717) is 24.9 Å². The minimum Gasteiger partial charge on any atom is -0.468 e. The SMILES string of the molecule is COC(=O)CNCC1(O)CCCN(Cc2ccccc2F)C1=O. The molecule has 1 atom stereocenters. The van der Waals surface area contributed by atoms with Gasteiger partial charge in [-0.1, -0.05) is 18.2 Å². The maximum Gasteiger partial charge on any atom is 0.319 e. The smallest absolute Gasteiger partial charge is 0.319 e. The van der Waals surface area contributed by atoms with Crippen molar-refractivity contribution in [3.05, 3.63) is 35.6 Å². The fraction of sp³-hybridized carbons (Fsp3) is 0.500. The van der Waals surface area contributed by atoms with Crippen molar-refractivity contribution in [1.82, 2.24) is 10.2 Å². The maximum atomic E-state index is 13.7. The van der Waals surface area contributed by atoms with Gasteiger partial charge in [-0.05, 0) is 18.9 Å². The molecule has 0 spiro atoms. The van der Waals surface area contributed by atoms with Gasteiger partial charge in [0, 0.05) is 25.2 Å². The summed E-state index contributed by atoms with van der Waals surface area (Å²) in [5.41, 5.74) is -1.18. The highest BCUT2D eigenvalue weighted by Gasteiger charge is 2.42. The number of methoxy groups -OCH3 is 1. The van der Waals surface area contributed by atoms with Crippen LogP contribution in [0.25, 0.3) is 0 Å². The Morgan fingerprint density at radius 2 is 2.22 bits per heavy atom. The predicted octanol–water partition coefficient (Wildman–Crippen LogP) is 0.442. The topological polar surface area (TPSA) is 78.9 Å². The van der Waals surface area contributed by atoms with Crippen LogP contribution in [0.3, 0.4) is 0 Å². The highest BCUT2D eigenvalue weighted by atomic mass is 19.1. The van der Waals surface area contributed by atoms with Gasteiger partial charge in [-0.15, -0.1) is 0 Å². The van der Waals surface area contributed by atoms with Crippen molar-refractivity contribution in [3.63, 3.8) is 0 Å². The Labute approximate surface area is 134 Å². The molecule has 1 saturated heterocycles. The standard InChI is InChI=1S/C16H21FN2O4/c1-23-14(20)9-18-11-16(22)7-4-8-19(15(16)21)10-12-5-2-3-6-13(12)17/h2-3,5-6,18,22H,4,7-11H2,1H3. The van der Waals surface area contributed by atoms with E-state index in [1.165, 1.54) is 18.1 Å². The lowest BCUT2D eigenvalue weighted by molar-refractivity contribution is -0.157. The first-order valence-corrected chi connectivity index (χ1v) is 7.49. The monoisotopic (exact) mass is 324 g/mol. The number of carbonyl (C=O) groups is 2. The summed E-state index contributed by atoms with van der Waals surface area (Å²) in [5, 5.41) is 13.3. The molecule has 7 heteroatoms. The highest BCUT2D eigenvalue weighted by molar-refractivity contribution is 5.86. The van der Waals surface area contributed by atoms with Crippen molar-refractivity contribution < 1.29 is 23.8 Å². The van der Waals surface area contributed by atoms with Crippen LogP contribution < -0.4 is 5.32 Å². The summed E-state index contributed by atoms with van der Waals surface area (Å²) in [7, 11) is 1.26. The number of rotatable bonds is 6. The van der Waals surface area contributed by atoms with Crippen LogP contribution in [0, 0.1) is 5.82 Å². The van der Waals surface area contributed by atoms with Crippen LogP contribution >= 0.6 is 0 Å². The predicted molar refractivity (Wildman–Crippen MR) is 80.9 cm³/mol. The first-order valence-electron chi connectivity index (χ1n) is 7.49. The number of likely N-dealkylation sites (tertiary alicyclic amines) is 1. The molecule has 0 aromatic heterocycles. The minimum atomic E-state index is -1.59. The highest BCUT2D eigenvalue weighted by Crippen LogP contribution is 2.24. The van der Waals surface area contributed by atoms with Gasteiger partial charge < -0.3 is 20.1 Å². The zero-order valence-corrected chi connectivity index (χ0v) is 13.0. The average Bonchev–Trinajstić information content (AvgIpc) is 2.54. The van der Waals surface area contributed by atoms with Crippen LogP contribution in [0.15, 0.2) is 24.3 Å². The van der Waals surface area contributed by atoms with Gasteiger partial charge in [-0.3, -0.25) is 9.59 Å². The summed E-state index contributed by atoms with van der Waals surface area (Å²) in [6, 6.07) is 6.25. The molecule has 0 bridgehead atoms. The second-order valence-electron chi connectivity index (χ2n) is 5.63. The number of nitrogens with zero attached hydrogens (tertiary/aromatic N) is 1. The molecule has 2 rings (SSSR count). The zero-order chi connectivity index (χ0) is 16.9. The number of piperidine rings is 1. The molecule has 0 radical (unpaired) electrons. The molecule has 1 aliphatic heterocycles. The molecule has 126 valence electrons. The summed E-state index contributed by atoms with van der Waals surface area (Å²) in [6.45, 7) is 0.450. The largest absolute Gasteiger partial charge is 0.468 e. The average molecular weight is 324 g/mol. The molecule has 6 nitrogen and oxygen atoms in total. The second-order valence-corrected chi connectivity index (χ2v) is 5.63. The normalized spacial score (nSPS) is 21.3. The molecule has 2 N–H and O–H groups in total. The van der Waals surface area contributed by atoms with Crippen LogP contribution in [0.5, 0.6) is 0 Å². The molecule has 23 heavy (non-hydrogen) atoms. The van der Waals surface area contributed by atoms with Crippen molar-refractivity contribution >= 4 is 11.9 Å². The van der Waals surface area contributed by atoms with Gasteiger partial charge in [0.25, 0.3) is 5.91 Å². The number of halogens is 1. The quantitative estimate of drug-likeness (QED) is 0.743. The lowest BCUT2D eigenvalue weighted by Gasteiger charge is -2.38. The van der Waals surface area contributed by atoms with Crippen molar-refractivity contribution in [3.8, 4) is 0 Å². The Hall–Kier alpha value is -1.99. The number of hydrogen-bond acceptors (Lipinski definition) is 5. The molecular formula is C16H21FN2O4. The van der Waals surface area contributed by atoms with Crippen molar-refractivity contribution in [2.45, 2.75) is 25.0 Å². The third kappa shape index (κ3) is 4.27. The molecule has 1 unspecified atom stereocenters. The summed E-state index contributed by atoms with van der Waals surface area (Å²) in [6.07, 6.45) is 0.907. The molecule has 1 aromatic rings. The number of amides is 1. The second kappa shape index (κ2) is 7.52. The number of ether oxygens (including phenoxy) is 1. The summed E-state index contributed by atoms with van der Waals surface area (Å²) >= 11 is 0. The van der Waals surface area contributed by atoms with Gasteiger partial charge in [0.2, 0.25) is 0 Å². The molecule has 0 saturated carbocycles. The van der Waals surface area contributed by atoms with E-state index in [4.69, 9.17) is 0 Å². The van der Waals surface area contributed by atoms with Crippen LogP contribution in [0.4, 0.5) is 4.39 Å². The molecule has 1 amide bonds. The third-order valence-electron chi connectivity index (χ3n) is 3.94. The Kier molecular flexibility index (Phi) is 5.68. The van der Waals surface area contributed by atoms with E-state index in [9.17, 15) is 19.1 Å². The Bertz CT molecular complexity index is 581. The number of aliphatic hydroxyl groups is 1. The van der Waals surface area contributed by atoms with Gasteiger partial charge >= 0.3 is 5.97 Å². The Morgan fingerprint density at radius 1 is 1.48 bits per heavy atom. The number of nitrogens with one attached hydrogen (secondary N) is 1. The van der Waals surface area contributed by atoms with Crippen molar-refractivity contribution in [2.24, 2.45) is 0 Å². The van der Waals surface area contributed by atoms with Gasteiger partial charge in [-0.25, -0.2) is 4.39 Å².